The molecule has 0 spiro atoms. The highest BCUT2D eigenvalue weighted by Crippen LogP contribution is 2.28. The van der Waals surface area contributed by atoms with Gasteiger partial charge in [-0.1, -0.05) is 18.2 Å². The van der Waals surface area contributed by atoms with E-state index in [9.17, 15) is 4.79 Å². The van der Waals surface area contributed by atoms with Crippen LogP contribution in [0, 0.1) is 6.92 Å². The number of amides is 1. The van der Waals surface area contributed by atoms with Crippen molar-refractivity contribution in [3.05, 3.63) is 59.8 Å². The summed E-state index contributed by atoms with van der Waals surface area (Å²) in [5.41, 5.74) is 3.83. The molecule has 4 nitrogen and oxygen atoms in total. The summed E-state index contributed by atoms with van der Waals surface area (Å²) in [5.74, 6) is 0.731. The third-order valence-electron chi connectivity index (χ3n) is 3.62. The van der Waals surface area contributed by atoms with Crippen molar-refractivity contribution < 1.29 is 9.53 Å². The summed E-state index contributed by atoms with van der Waals surface area (Å²) in [4.78, 5) is 15.4. The first-order valence-electron chi connectivity index (χ1n) is 7.17. The van der Waals surface area contributed by atoms with Crippen molar-refractivity contribution in [2.75, 3.05) is 12.4 Å². The lowest BCUT2D eigenvalue weighted by Crippen LogP contribution is -2.14. The van der Waals surface area contributed by atoms with Gasteiger partial charge in [-0.2, -0.15) is 0 Å². The van der Waals surface area contributed by atoms with Crippen molar-refractivity contribution in [1.29, 1.82) is 0 Å². The Morgan fingerprint density at radius 2 is 2.05 bits per heavy atom. The highest BCUT2D eigenvalue weighted by Gasteiger charge is 2.12. The van der Waals surface area contributed by atoms with Crippen LogP contribution in [0.25, 0.3) is 10.9 Å². The molecule has 3 rings (SSSR count). The van der Waals surface area contributed by atoms with Crippen molar-refractivity contribution in [2.24, 2.45) is 0 Å². The van der Waals surface area contributed by atoms with Crippen molar-refractivity contribution in [3.8, 4) is 5.75 Å². The molecule has 4 heteroatoms. The van der Waals surface area contributed by atoms with Crippen molar-refractivity contribution >= 4 is 22.5 Å². The standard InChI is InChI=1S/C18H18N2O2/c1-12-5-3-6-14(9-12)20-17(21)10-13-11-19-15-7-4-8-16(22-2)18(13)15/h3-9,11,19H,10H2,1-2H3,(H,20,21). The van der Waals surface area contributed by atoms with Gasteiger partial charge >= 0.3 is 0 Å². The van der Waals surface area contributed by atoms with Gasteiger partial charge in [0.15, 0.2) is 0 Å². The van der Waals surface area contributed by atoms with Gasteiger partial charge in [0.25, 0.3) is 0 Å². The zero-order valence-electron chi connectivity index (χ0n) is 12.6. The average molecular weight is 294 g/mol. The number of aromatic nitrogens is 1. The number of aryl methyl sites for hydroxylation is 1. The second-order valence-corrected chi connectivity index (χ2v) is 5.29. The predicted octanol–water partition coefficient (Wildman–Crippen LogP) is 3.67. The minimum Gasteiger partial charge on any atom is -0.496 e. The number of hydrogen-bond acceptors (Lipinski definition) is 2. The molecular formula is C18H18N2O2. The van der Waals surface area contributed by atoms with Crippen LogP contribution in [0.1, 0.15) is 11.1 Å². The van der Waals surface area contributed by atoms with E-state index in [1.807, 2.05) is 55.6 Å². The number of hydrogen-bond donors (Lipinski definition) is 2. The minimum atomic E-state index is -0.0441. The second kappa shape index (κ2) is 5.93. The molecule has 1 amide bonds. The summed E-state index contributed by atoms with van der Waals surface area (Å²) in [5, 5.41) is 3.89. The molecule has 1 heterocycles. The largest absolute Gasteiger partial charge is 0.496 e. The number of ether oxygens (including phenoxy) is 1. The molecule has 0 bridgehead atoms. The number of rotatable bonds is 4. The first kappa shape index (κ1) is 14.2. The number of methoxy groups -OCH3 is 1. The molecule has 0 aliphatic heterocycles. The maximum Gasteiger partial charge on any atom is 0.228 e. The zero-order chi connectivity index (χ0) is 15.5. The number of nitrogens with one attached hydrogen (secondary N) is 2. The molecule has 0 unspecified atom stereocenters. The number of benzene rings is 2. The van der Waals surface area contributed by atoms with Crippen molar-refractivity contribution in [2.45, 2.75) is 13.3 Å². The SMILES string of the molecule is COc1cccc2[nH]cc(CC(=O)Nc3cccc(C)c3)c12. The van der Waals surface area contributed by atoms with Crippen molar-refractivity contribution in [1.82, 2.24) is 4.98 Å². The van der Waals surface area contributed by atoms with Crippen LogP contribution in [0.15, 0.2) is 48.7 Å². The number of H-pyrrole nitrogens is 1. The van der Waals surface area contributed by atoms with Crippen LogP contribution in [0.4, 0.5) is 5.69 Å². The number of carbonyl (C=O) groups is 1. The van der Waals surface area contributed by atoms with Crippen LogP contribution in [0.5, 0.6) is 5.75 Å². The van der Waals surface area contributed by atoms with Gasteiger partial charge in [0.05, 0.1) is 13.5 Å². The zero-order valence-corrected chi connectivity index (χ0v) is 12.6. The van der Waals surface area contributed by atoms with Crippen LogP contribution in [0.2, 0.25) is 0 Å². The number of anilines is 1. The Morgan fingerprint density at radius 1 is 1.23 bits per heavy atom. The first-order chi connectivity index (χ1) is 10.7. The maximum absolute atomic E-state index is 12.3. The van der Waals surface area contributed by atoms with Gasteiger partial charge in [-0.3, -0.25) is 4.79 Å². The fourth-order valence-electron chi connectivity index (χ4n) is 2.63. The summed E-state index contributed by atoms with van der Waals surface area (Å²) < 4.78 is 5.39. The van der Waals surface area contributed by atoms with E-state index in [4.69, 9.17) is 4.74 Å². The third-order valence-corrected chi connectivity index (χ3v) is 3.62. The van der Waals surface area contributed by atoms with E-state index in [1.165, 1.54) is 0 Å². The first-order valence-corrected chi connectivity index (χ1v) is 7.17. The van der Waals surface area contributed by atoms with Crippen LogP contribution in [0.3, 0.4) is 0 Å². The Bertz CT molecular complexity index is 821. The molecule has 0 atom stereocenters. The Kier molecular flexibility index (Phi) is 3.83. The molecule has 1 aromatic heterocycles. The highest BCUT2D eigenvalue weighted by molar-refractivity contribution is 5.97. The summed E-state index contributed by atoms with van der Waals surface area (Å²) in [6, 6.07) is 13.6. The number of aromatic amines is 1. The molecule has 2 N–H and O–H groups in total. The fraction of sp³-hybridized carbons (Fsp3) is 0.167. The molecule has 112 valence electrons. The van der Waals surface area contributed by atoms with E-state index in [0.717, 1.165) is 33.5 Å². The van der Waals surface area contributed by atoms with E-state index < -0.39 is 0 Å². The molecule has 22 heavy (non-hydrogen) atoms. The smallest absolute Gasteiger partial charge is 0.228 e. The lowest BCUT2D eigenvalue weighted by atomic mass is 10.1. The Labute approximate surface area is 129 Å². The highest BCUT2D eigenvalue weighted by atomic mass is 16.5. The summed E-state index contributed by atoms with van der Waals surface area (Å²) >= 11 is 0. The molecule has 0 aliphatic rings. The Balaban J connectivity index is 1.82. The van der Waals surface area contributed by atoms with Gasteiger partial charge in [-0.05, 0) is 42.3 Å². The van der Waals surface area contributed by atoms with Gasteiger partial charge in [-0.15, -0.1) is 0 Å². The lowest BCUT2D eigenvalue weighted by molar-refractivity contribution is -0.115. The van der Waals surface area contributed by atoms with E-state index in [-0.39, 0.29) is 5.91 Å². The number of fused-ring (bicyclic) bond motifs is 1. The molecule has 0 radical (unpaired) electrons. The van der Waals surface area contributed by atoms with E-state index in [0.29, 0.717) is 6.42 Å². The quantitative estimate of drug-likeness (QED) is 0.771. The molecule has 0 aliphatic carbocycles. The van der Waals surface area contributed by atoms with Crippen LogP contribution >= 0.6 is 0 Å². The Morgan fingerprint density at radius 3 is 2.82 bits per heavy atom. The molecule has 0 saturated heterocycles. The summed E-state index contributed by atoms with van der Waals surface area (Å²) in [6.45, 7) is 2.00. The predicted molar refractivity (Wildman–Crippen MR) is 88.4 cm³/mol. The van der Waals surface area contributed by atoms with Gasteiger partial charge in [0.2, 0.25) is 5.91 Å². The molecule has 0 fully saturated rings. The molecule has 3 aromatic rings. The Hall–Kier alpha value is -2.75. The fourth-order valence-corrected chi connectivity index (χ4v) is 2.63. The molecule has 2 aromatic carbocycles. The van der Waals surface area contributed by atoms with Crippen LogP contribution in [-0.2, 0) is 11.2 Å². The van der Waals surface area contributed by atoms with Crippen LogP contribution in [-0.4, -0.2) is 18.0 Å². The normalized spacial score (nSPS) is 10.6. The summed E-state index contributed by atoms with van der Waals surface area (Å²) in [7, 11) is 1.64. The van der Waals surface area contributed by atoms with Gasteiger partial charge in [-0.25, -0.2) is 0 Å². The molecular weight excluding hydrogens is 276 g/mol. The lowest BCUT2D eigenvalue weighted by Gasteiger charge is -2.07. The van der Waals surface area contributed by atoms with Gasteiger partial charge < -0.3 is 15.0 Å². The number of carbonyl (C=O) groups excluding carboxylic acids is 1. The second-order valence-electron chi connectivity index (χ2n) is 5.29. The van der Waals surface area contributed by atoms with E-state index in [2.05, 4.69) is 10.3 Å². The third kappa shape index (κ3) is 2.81. The molecule has 0 saturated carbocycles. The average Bonchev–Trinajstić information content (AvgIpc) is 2.90. The van der Waals surface area contributed by atoms with E-state index >= 15 is 0 Å². The van der Waals surface area contributed by atoms with Gasteiger partial charge in [0.1, 0.15) is 5.75 Å². The maximum atomic E-state index is 12.3. The summed E-state index contributed by atoms with van der Waals surface area (Å²) in [6.07, 6.45) is 2.16. The van der Waals surface area contributed by atoms with Crippen molar-refractivity contribution in [3.63, 3.8) is 0 Å². The topological polar surface area (TPSA) is 54.1 Å². The monoisotopic (exact) mass is 294 g/mol. The van der Waals surface area contributed by atoms with E-state index in [1.54, 1.807) is 7.11 Å². The minimum absolute atomic E-state index is 0.0441. The van der Waals surface area contributed by atoms with Crippen LogP contribution < -0.4 is 10.1 Å². The van der Waals surface area contributed by atoms with Gasteiger partial charge in [0, 0.05) is 22.8 Å².